The Labute approximate surface area is 146 Å². The standard InChI is InChI=1S/C21H18O4/c1-24-21(23)16-12-15-17(13-8-4-2-5-9-13)19(25-20(15)18(16)22)14-10-6-3-7-11-14/h2-11,15,20,22H,12H2,1H3/t15-,20+/m0/s1. The van der Waals surface area contributed by atoms with Crippen LogP contribution < -0.4 is 0 Å². The van der Waals surface area contributed by atoms with Crippen LogP contribution in [0.5, 0.6) is 0 Å². The van der Waals surface area contributed by atoms with Crippen molar-refractivity contribution >= 4 is 17.3 Å². The van der Waals surface area contributed by atoms with Gasteiger partial charge < -0.3 is 14.6 Å². The van der Waals surface area contributed by atoms with Crippen molar-refractivity contribution in [1.82, 2.24) is 0 Å². The van der Waals surface area contributed by atoms with Crippen molar-refractivity contribution in [3.63, 3.8) is 0 Å². The highest BCUT2D eigenvalue weighted by Crippen LogP contribution is 2.51. The molecule has 25 heavy (non-hydrogen) atoms. The molecule has 2 atom stereocenters. The van der Waals surface area contributed by atoms with Crippen LogP contribution in [0.15, 0.2) is 72.0 Å². The SMILES string of the molecule is COC(=O)C1=C(O)[C@@H]2OC(c3ccccc3)=C(c3ccccc3)[C@@H]2C1. The second-order valence-electron chi connectivity index (χ2n) is 6.18. The minimum atomic E-state index is -0.542. The minimum Gasteiger partial charge on any atom is -0.508 e. The van der Waals surface area contributed by atoms with Crippen LogP contribution in [0, 0.1) is 5.92 Å². The average molecular weight is 334 g/mol. The second-order valence-corrected chi connectivity index (χ2v) is 6.18. The summed E-state index contributed by atoms with van der Waals surface area (Å²) in [5.74, 6) is 0.143. The number of carbonyl (C=O) groups excluding carboxylic acids is 1. The molecule has 2 aromatic rings. The molecule has 0 spiro atoms. The summed E-state index contributed by atoms with van der Waals surface area (Å²) in [6.07, 6.45) is -0.136. The molecule has 2 aromatic carbocycles. The third kappa shape index (κ3) is 2.50. The monoisotopic (exact) mass is 334 g/mol. The molecular weight excluding hydrogens is 316 g/mol. The number of esters is 1. The van der Waals surface area contributed by atoms with Gasteiger partial charge in [0.25, 0.3) is 0 Å². The van der Waals surface area contributed by atoms with Crippen LogP contribution in [-0.2, 0) is 14.3 Å². The van der Waals surface area contributed by atoms with E-state index in [0.29, 0.717) is 12.0 Å². The van der Waals surface area contributed by atoms with E-state index in [1.54, 1.807) is 0 Å². The lowest BCUT2D eigenvalue weighted by Gasteiger charge is -2.12. The molecule has 1 heterocycles. The van der Waals surface area contributed by atoms with E-state index in [9.17, 15) is 9.90 Å². The first-order valence-electron chi connectivity index (χ1n) is 8.22. The molecule has 4 nitrogen and oxygen atoms in total. The lowest BCUT2D eigenvalue weighted by atomic mass is 9.88. The van der Waals surface area contributed by atoms with Crippen molar-refractivity contribution < 1.29 is 19.4 Å². The Hall–Kier alpha value is -3.01. The zero-order chi connectivity index (χ0) is 17.4. The zero-order valence-electron chi connectivity index (χ0n) is 13.8. The van der Waals surface area contributed by atoms with Gasteiger partial charge in [-0.3, -0.25) is 0 Å². The highest BCUT2D eigenvalue weighted by atomic mass is 16.5. The Balaban J connectivity index is 1.81. The van der Waals surface area contributed by atoms with Crippen molar-refractivity contribution in [2.75, 3.05) is 7.11 Å². The molecule has 0 saturated heterocycles. The number of benzene rings is 2. The van der Waals surface area contributed by atoms with Crippen molar-refractivity contribution in [3.8, 4) is 0 Å². The maximum Gasteiger partial charge on any atom is 0.337 e. The number of fused-ring (bicyclic) bond motifs is 1. The number of carbonyl (C=O) groups is 1. The highest BCUT2D eigenvalue weighted by Gasteiger charge is 2.47. The van der Waals surface area contributed by atoms with Gasteiger partial charge in [-0.05, 0) is 12.0 Å². The van der Waals surface area contributed by atoms with Crippen LogP contribution in [0.25, 0.3) is 11.3 Å². The molecule has 2 aliphatic rings. The number of ether oxygens (including phenoxy) is 2. The topological polar surface area (TPSA) is 55.8 Å². The van der Waals surface area contributed by atoms with Crippen molar-refractivity contribution in [2.45, 2.75) is 12.5 Å². The first-order valence-corrected chi connectivity index (χ1v) is 8.22. The molecule has 4 heteroatoms. The third-order valence-corrected chi connectivity index (χ3v) is 4.78. The number of rotatable bonds is 3. The van der Waals surface area contributed by atoms with E-state index >= 15 is 0 Å². The molecule has 0 aromatic heterocycles. The molecule has 4 rings (SSSR count). The highest BCUT2D eigenvalue weighted by molar-refractivity contribution is 5.96. The minimum absolute atomic E-state index is 0.0174. The van der Waals surface area contributed by atoms with E-state index in [2.05, 4.69) is 0 Å². The number of aliphatic hydroxyl groups excluding tert-OH is 1. The van der Waals surface area contributed by atoms with Crippen LogP contribution in [0.1, 0.15) is 17.5 Å². The number of hydrogen-bond acceptors (Lipinski definition) is 4. The van der Waals surface area contributed by atoms with E-state index in [4.69, 9.17) is 9.47 Å². The molecule has 126 valence electrons. The summed E-state index contributed by atoms with van der Waals surface area (Å²) in [6, 6.07) is 19.8. The fourth-order valence-electron chi connectivity index (χ4n) is 3.63. The Bertz CT molecular complexity index is 865. The maximum atomic E-state index is 11.9. The smallest absolute Gasteiger partial charge is 0.337 e. The third-order valence-electron chi connectivity index (χ3n) is 4.78. The van der Waals surface area contributed by atoms with Gasteiger partial charge in [0.2, 0.25) is 0 Å². The summed E-state index contributed by atoms with van der Waals surface area (Å²) < 4.78 is 10.9. The quantitative estimate of drug-likeness (QED) is 0.863. The Kier molecular flexibility index (Phi) is 3.80. The summed E-state index contributed by atoms with van der Waals surface area (Å²) in [7, 11) is 1.32. The molecule has 0 unspecified atom stereocenters. The largest absolute Gasteiger partial charge is 0.508 e. The Morgan fingerprint density at radius 1 is 1.04 bits per heavy atom. The van der Waals surface area contributed by atoms with Crippen molar-refractivity contribution in [2.24, 2.45) is 5.92 Å². The van der Waals surface area contributed by atoms with E-state index in [1.165, 1.54) is 7.11 Å². The van der Waals surface area contributed by atoms with E-state index in [1.807, 2.05) is 60.7 Å². The lowest BCUT2D eigenvalue weighted by Crippen LogP contribution is -2.15. The number of aliphatic hydroxyl groups is 1. The molecule has 0 bridgehead atoms. The summed E-state index contributed by atoms with van der Waals surface area (Å²) in [4.78, 5) is 11.9. The molecule has 0 amide bonds. The van der Waals surface area contributed by atoms with Gasteiger partial charge in [-0.15, -0.1) is 0 Å². The molecule has 1 aliphatic heterocycles. The molecule has 0 radical (unpaired) electrons. The first-order chi connectivity index (χ1) is 12.2. The van der Waals surface area contributed by atoms with Crippen molar-refractivity contribution in [3.05, 3.63) is 83.1 Å². The van der Waals surface area contributed by atoms with Gasteiger partial charge in [0.05, 0.1) is 12.7 Å². The molecule has 1 aliphatic carbocycles. The van der Waals surface area contributed by atoms with Crippen LogP contribution in [0.2, 0.25) is 0 Å². The van der Waals surface area contributed by atoms with Gasteiger partial charge >= 0.3 is 5.97 Å². The predicted octanol–water partition coefficient (Wildman–Crippen LogP) is 3.96. The molecule has 0 saturated carbocycles. The van der Waals surface area contributed by atoms with Crippen LogP contribution in [0.3, 0.4) is 0 Å². The summed E-state index contributed by atoms with van der Waals surface area (Å²) in [6.45, 7) is 0. The first kappa shape index (κ1) is 15.5. The van der Waals surface area contributed by atoms with Crippen LogP contribution in [0.4, 0.5) is 0 Å². The number of methoxy groups -OCH3 is 1. The maximum absolute atomic E-state index is 11.9. The molecular formula is C21H18O4. The second kappa shape index (κ2) is 6.13. The van der Waals surface area contributed by atoms with Crippen LogP contribution in [-0.4, -0.2) is 24.3 Å². The molecule has 0 fully saturated rings. The molecule has 1 N–H and O–H groups in total. The Morgan fingerprint density at radius 3 is 2.24 bits per heavy atom. The van der Waals surface area contributed by atoms with Gasteiger partial charge in [0.15, 0.2) is 6.10 Å². The van der Waals surface area contributed by atoms with Crippen LogP contribution >= 0.6 is 0 Å². The van der Waals surface area contributed by atoms with Gasteiger partial charge in [-0.2, -0.15) is 0 Å². The predicted molar refractivity (Wildman–Crippen MR) is 94.3 cm³/mol. The van der Waals surface area contributed by atoms with E-state index < -0.39 is 12.1 Å². The van der Waals surface area contributed by atoms with E-state index in [-0.39, 0.29) is 11.7 Å². The lowest BCUT2D eigenvalue weighted by molar-refractivity contribution is -0.136. The zero-order valence-corrected chi connectivity index (χ0v) is 13.8. The Morgan fingerprint density at radius 2 is 1.64 bits per heavy atom. The van der Waals surface area contributed by atoms with Gasteiger partial charge in [0, 0.05) is 17.1 Å². The van der Waals surface area contributed by atoms with Crippen molar-refractivity contribution in [1.29, 1.82) is 0 Å². The fourth-order valence-corrected chi connectivity index (χ4v) is 3.63. The van der Waals surface area contributed by atoms with Gasteiger partial charge in [-0.1, -0.05) is 60.7 Å². The number of hydrogen-bond donors (Lipinski definition) is 1. The summed E-state index contributed by atoms with van der Waals surface area (Å²) in [5.41, 5.74) is 3.32. The van der Waals surface area contributed by atoms with Gasteiger partial charge in [-0.25, -0.2) is 4.79 Å². The van der Waals surface area contributed by atoms with Gasteiger partial charge in [0.1, 0.15) is 11.5 Å². The normalized spacial score (nSPS) is 22.0. The summed E-state index contributed by atoms with van der Waals surface area (Å²) >= 11 is 0. The average Bonchev–Trinajstić information content (AvgIpc) is 3.19. The fraction of sp³-hybridized carbons (Fsp3) is 0.190. The van der Waals surface area contributed by atoms with E-state index in [0.717, 1.165) is 22.5 Å². The summed E-state index contributed by atoms with van der Waals surface area (Å²) in [5, 5.41) is 10.5.